The first-order valence-corrected chi connectivity index (χ1v) is 7.15. The van der Waals surface area contributed by atoms with Gasteiger partial charge in [-0.25, -0.2) is 0 Å². The van der Waals surface area contributed by atoms with E-state index in [1.165, 1.54) is 39.4 Å². The SMILES string of the molecule is Br.CCC1=C(C)/C(=C/c2[nH]c(C)c(CC)c2C)N=C1C. The van der Waals surface area contributed by atoms with Crippen molar-refractivity contribution in [1.29, 1.82) is 0 Å². The van der Waals surface area contributed by atoms with Gasteiger partial charge in [-0.1, -0.05) is 13.8 Å². The van der Waals surface area contributed by atoms with Crippen LogP contribution >= 0.6 is 17.0 Å². The summed E-state index contributed by atoms with van der Waals surface area (Å²) in [5.41, 5.74) is 10.3. The second-order valence-electron chi connectivity index (χ2n) is 5.30. The summed E-state index contributed by atoms with van der Waals surface area (Å²) < 4.78 is 0. The highest BCUT2D eigenvalue weighted by molar-refractivity contribution is 8.93. The highest BCUT2D eigenvalue weighted by Gasteiger charge is 2.17. The number of hydrogen-bond acceptors (Lipinski definition) is 1. The Morgan fingerprint density at radius 1 is 1.05 bits per heavy atom. The Morgan fingerprint density at radius 2 is 1.70 bits per heavy atom. The number of halogens is 1. The highest BCUT2D eigenvalue weighted by atomic mass is 79.9. The van der Waals surface area contributed by atoms with Crippen molar-refractivity contribution in [2.24, 2.45) is 4.99 Å². The van der Waals surface area contributed by atoms with E-state index >= 15 is 0 Å². The zero-order chi connectivity index (χ0) is 14.2. The van der Waals surface area contributed by atoms with Crippen LogP contribution in [-0.4, -0.2) is 10.7 Å². The number of hydrogen-bond donors (Lipinski definition) is 1. The van der Waals surface area contributed by atoms with Crippen LogP contribution in [0, 0.1) is 13.8 Å². The molecule has 1 aromatic heterocycles. The quantitative estimate of drug-likeness (QED) is 0.774. The fourth-order valence-electron chi connectivity index (χ4n) is 3.05. The Morgan fingerprint density at radius 3 is 2.15 bits per heavy atom. The molecule has 0 fully saturated rings. The molecule has 0 spiro atoms. The van der Waals surface area contributed by atoms with Crippen LogP contribution in [0.5, 0.6) is 0 Å². The first-order valence-electron chi connectivity index (χ1n) is 7.15. The summed E-state index contributed by atoms with van der Waals surface area (Å²) in [6.07, 6.45) is 4.33. The second kappa shape index (κ2) is 6.57. The number of aliphatic imine (C=N–C) groups is 1. The van der Waals surface area contributed by atoms with Crippen molar-refractivity contribution in [2.45, 2.75) is 54.4 Å². The molecule has 2 heterocycles. The van der Waals surface area contributed by atoms with Crippen LogP contribution in [0.4, 0.5) is 0 Å². The lowest BCUT2D eigenvalue weighted by Crippen LogP contribution is -1.91. The third-order valence-electron chi connectivity index (χ3n) is 4.18. The van der Waals surface area contributed by atoms with Crippen molar-refractivity contribution in [3.8, 4) is 0 Å². The smallest absolute Gasteiger partial charge is 0.0686 e. The Bertz CT molecular complexity index is 601. The Labute approximate surface area is 132 Å². The summed E-state index contributed by atoms with van der Waals surface area (Å²) >= 11 is 0. The Hall–Kier alpha value is -1.09. The van der Waals surface area contributed by atoms with Gasteiger partial charge in [0.05, 0.1) is 5.70 Å². The first kappa shape index (κ1) is 17.0. The van der Waals surface area contributed by atoms with Crippen LogP contribution in [0.15, 0.2) is 21.8 Å². The van der Waals surface area contributed by atoms with Gasteiger partial charge in [0.1, 0.15) is 0 Å². The standard InChI is InChI=1S/C17H24N2.BrH/c1-7-14-10(3)16(18-12(14)5)9-17-11(4)15(8-2)13(6)19-17;/h9,18H,7-8H2,1-6H3;1H/b17-9-;. The van der Waals surface area contributed by atoms with E-state index in [9.17, 15) is 0 Å². The van der Waals surface area contributed by atoms with E-state index < -0.39 is 0 Å². The molecular weight excluding hydrogens is 312 g/mol. The van der Waals surface area contributed by atoms with Gasteiger partial charge in [0.25, 0.3) is 0 Å². The molecule has 1 aliphatic rings. The van der Waals surface area contributed by atoms with Crippen molar-refractivity contribution >= 4 is 28.8 Å². The fourth-order valence-corrected chi connectivity index (χ4v) is 3.05. The van der Waals surface area contributed by atoms with Crippen molar-refractivity contribution in [2.75, 3.05) is 0 Å². The molecule has 0 amide bonds. The molecule has 1 N–H and O–H groups in total. The predicted molar refractivity (Wildman–Crippen MR) is 94.0 cm³/mol. The van der Waals surface area contributed by atoms with Crippen LogP contribution in [0.25, 0.3) is 6.08 Å². The van der Waals surface area contributed by atoms with Crippen LogP contribution in [-0.2, 0) is 6.42 Å². The van der Waals surface area contributed by atoms with Crippen LogP contribution in [0.2, 0.25) is 0 Å². The molecule has 0 aliphatic carbocycles. The maximum absolute atomic E-state index is 4.71. The molecule has 1 aliphatic heterocycles. The van der Waals surface area contributed by atoms with Gasteiger partial charge in [-0.05, 0) is 68.9 Å². The van der Waals surface area contributed by atoms with Crippen LogP contribution in [0.3, 0.4) is 0 Å². The molecule has 0 bridgehead atoms. The number of aromatic nitrogens is 1. The predicted octanol–water partition coefficient (Wildman–Crippen LogP) is 5.31. The summed E-state index contributed by atoms with van der Waals surface area (Å²) in [5, 5.41) is 0. The summed E-state index contributed by atoms with van der Waals surface area (Å²) in [6, 6.07) is 0. The average Bonchev–Trinajstić information content (AvgIpc) is 2.78. The molecule has 110 valence electrons. The zero-order valence-corrected chi connectivity index (χ0v) is 15.1. The van der Waals surface area contributed by atoms with E-state index in [1.54, 1.807) is 0 Å². The number of nitrogens with zero attached hydrogens (tertiary/aromatic N) is 1. The van der Waals surface area contributed by atoms with Crippen LogP contribution < -0.4 is 0 Å². The van der Waals surface area contributed by atoms with E-state index in [4.69, 9.17) is 4.99 Å². The first-order chi connectivity index (χ1) is 8.99. The monoisotopic (exact) mass is 336 g/mol. The minimum atomic E-state index is 0. The lowest BCUT2D eigenvalue weighted by atomic mass is 10.0. The number of allylic oxidation sites excluding steroid dienone is 2. The van der Waals surface area contributed by atoms with Gasteiger partial charge < -0.3 is 4.98 Å². The number of aryl methyl sites for hydroxylation is 1. The maximum atomic E-state index is 4.71. The van der Waals surface area contributed by atoms with Gasteiger partial charge in [0.2, 0.25) is 0 Å². The van der Waals surface area contributed by atoms with Crippen molar-refractivity contribution < 1.29 is 0 Å². The summed E-state index contributed by atoms with van der Waals surface area (Å²) in [6.45, 7) is 13.0. The highest BCUT2D eigenvalue weighted by Crippen LogP contribution is 2.30. The van der Waals surface area contributed by atoms with Gasteiger partial charge in [-0.2, -0.15) is 0 Å². The summed E-state index contributed by atoms with van der Waals surface area (Å²) in [4.78, 5) is 8.20. The topological polar surface area (TPSA) is 28.1 Å². The van der Waals surface area contributed by atoms with Gasteiger partial charge >= 0.3 is 0 Å². The normalized spacial score (nSPS) is 16.7. The van der Waals surface area contributed by atoms with E-state index in [-0.39, 0.29) is 17.0 Å². The largest absolute Gasteiger partial charge is 0.359 e. The molecule has 2 rings (SSSR count). The van der Waals surface area contributed by atoms with E-state index in [0.29, 0.717) is 0 Å². The second-order valence-corrected chi connectivity index (χ2v) is 5.30. The van der Waals surface area contributed by atoms with Gasteiger partial charge in [-0.3, -0.25) is 4.99 Å². The minimum Gasteiger partial charge on any atom is -0.359 e. The summed E-state index contributed by atoms with van der Waals surface area (Å²) in [5.74, 6) is 0. The molecule has 0 saturated carbocycles. The third-order valence-corrected chi connectivity index (χ3v) is 4.18. The van der Waals surface area contributed by atoms with Gasteiger partial charge in [0, 0.05) is 17.1 Å². The number of nitrogens with one attached hydrogen (secondary N) is 1. The molecule has 0 radical (unpaired) electrons. The summed E-state index contributed by atoms with van der Waals surface area (Å²) in [7, 11) is 0. The molecule has 0 aromatic carbocycles. The average molecular weight is 337 g/mol. The van der Waals surface area contributed by atoms with Crippen molar-refractivity contribution in [3.63, 3.8) is 0 Å². The fraction of sp³-hybridized carbons (Fsp3) is 0.471. The molecule has 3 heteroatoms. The lowest BCUT2D eigenvalue weighted by molar-refractivity contribution is 1.08. The molecule has 0 unspecified atom stereocenters. The zero-order valence-electron chi connectivity index (χ0n) is 13.3. The maximum Gasteiger partial charge on any atom is 0.0686 e. The molecule has 0 atom stereocenters. The molecular formula is C17H25BrN2. The van der Waals surface area contributed by atoms with Crippen molar-refractivity contribution in [3.05, 3.63) is 39.4 Å². The van der Waals surface area contributed by atoms with E-state index in [2.05, 4.69) is 52.6 Å². The number of aromatic amines is 1. The van der Waals surface area contributed by atoms with E-state index in [1.807, 2.05) is 0 Å². The Balaban J connectivity index is 0.00000200. The molecule has 2 nitrogen and oxygen atoms in total. The van der Waals surface area contributed by atoms with Crippen molar-refractivity contribution in [1.82, 2.24) is 4.98 Å². The molecule has 1 aromatic rings. The van der Waals surface area contributed by atoms with Gasteiger partial charge in [0.15, 0.2) is 0 Å². The third kappa shape index (κ3) is 2.83. The van der Waals surface area contributed by atoms with E-state index in [0.717, 1.165) is 18.5 Å². The molecule has 0 saturated heterocycles. The molecule has 20 heavy (non-hydrogen) atoms. The minimum absolute atomic E-state index is 0. The lowest BCUT2D eigenvalue weighted by Gasteiger charge is -2.00. The Kier molecular flexibility index (Phi) is 5.58. The van der Waals surface area contributed by atoms with Crippen LogP contribution in [0.1, 0.15) is 56.6 Å². The van der Waals surface area contributed by atoms with Gasteiger partial charge in [-0.15, -0.1) is 17.0 Å². The number of H-pyrrole nitrogens is 1. The number of rotatable bonds is 3.